The Hall–Kier alpha value is -0.620. The largest absolute Gasteiger partial charge is 0.468 e. The molecule has 0 amide bonds. The molecule has 0 aromatic carbocycles. The number of hydrogen-bond donors (Lipinski definition) is 1. The van der Waals surface area contributed by atoms with Crippen LogP contribution in [0.1, 0.15) is 30.0 Å². The Morgan fingerprint density at radius 3 is 2.80 bits per heavy atom. The summed E-state index contributed by atoms with van der Waals surface area (Å²) in [6.45, 7) is 6.93. The molecule has 2 aromatic heterocycles. The maximum absolute atomic E-state index is 5.62. The molecule has 20 heavy (non-hydrogen) atoms. The number of thiophene rings is 1. The van der Waals surface area contributed by atoms with Gasteiger partial charge in [0.15, 0.2) is 0 Å². The molecule has 0 atom stereocenters. The van der Waals surface area contributed by atoms with Crippen molar-refractivity contribution in [1.29, 1.82) is 0 Å². The highest BCUT2D eigenvalue weighted by Gasteiger charge is 2.08. The van der Waals surface area contributed by atoms with Gasteiger partial charge in [-0.1, -0.05) is 13.8 Å². The summed E-state index contributed by atoms with van der Waals surface area (Å²) in [5.41, 5.74) is 1.21. The summed E-state index contributed by atoms with van der Waals surface area (Å²) >= 11 is 5.26. The SMILES string of the molecule is CC(C)NCc1coc(CN(C)Cc2cc(Br)cs2)c1. The van der Waals surface area contributed by atoms with Crippen LogP contribution in [0.3, 0.4) is 0 Å². The molecule has 2 aromatic rings. The molecule has 0 bridgehead atoms. The number of hydrogen-bond acceptors (Lipinski definition) is 4. The number of nitrogens with one attached hydrogen (secondary N) is 1. The van der Waals surface area contributed by atoms with E-state index in [1.54, 1.807) is 11.3 Å². The third kappa shape index (κ3) is 5.05. The predicted octanol–water partition coefficient (Wildman–Crippen LogP) is 4.23. The molecule has 1 N–H and O–H groups in total. The fourth-order valence-corrected chi connectivity index (χ4v) is 3.48. The van der Waals surface area contributed by atoms with Crippen LogP contribution in [0.15, 0.2) is 32.7 Å². The van der Waals surface area contributed by atoms with Gasteiger partial charge in [0.25, 0.3) is 0 Å². The summed E-state index contributed by atoms with van der Waals surface area (Å²) in [6.07, 6.45) is 1.85. The molecule has 0 fully saturated rings. The van der Waals surface area contributed by atoms with Crippen LogP contribution >= 0.6 is 27.3 Å². The zero-order valence-corrected chi connectivity index (χ0v) is 14.6. The van der Waals surface area contributed by atoms with Gasteiger partial charge in [-0.3, -0.25) is 4.90 Å². The first-order valence-electron chi connectivity index (χ1n) is 6.74. The van der Waals surface area contributed by atoms with E-state index in [9.17, 15) is 0 Å². The van der Waals surface area contributed by atoms with Crippen LogP contribution in [0.2, 0.25) is 0 Å². The van der Waals surface area contributed by atoms with Gasteiger partial charge >= 0.3 is 0 Å². The predicted molar refractivity (Wildman–Crippen MR) is 87.9 cm³/mol. The normalized spacial score (nSPS) is 11.7. The molecule has 0 radical (unpaired) electrons. The second-order valence-electron chi connectivity index (χ2n) is 5.36. The van der Waals surface area contributed by atoms with Gasteiger partial charge < -0.3 is 9.73 Å². The number of rotatable bonds is 7. The van der Waals surface area contributed by atoms with Gasteiger partial charge in [-0.25, -0.2) is 0 Å². The molecule has 0 aliphatic carbocycles. The molecule has 0 aliphatic rings. The zero-order valence-electron chi connectivity index (χ0n) is 12.1. The maximum Gasteiger partial charge on any atom is 0.118 e. The number of furan rings is 1. The van der Waals surface area contributed by atoms with E-state index in [1.807, 2.05) is 6.26 Å². The Morgan fingerprint density at radius 2 is 2.15 bits per heavy atom. The van der Waals surface area contributed by atoms with Gasteiger partial charge in [0.2, 0.25) is 0 Å². The van der Waals surface area contributed by atoms with Gasteiger partial charge in [-0.2, -0.15) is 0 Å². The van der Waals surface area contributed by atoms with Crippen molar-refractivity contribution in [1.82, 2.24) is 10.2 Å². The lowest BCUT2D eigenvalue weighted by molar-refractivity contribution is 0.290. The van der Waals surface area contributed by atoms with Crippen molar-refractivity contribution in [2.75, 3.05) is 7.05 Å². The molecule has 0 saturated carbocycles. The van der Waals surface area contributed by atoms with Crippen molar-refractivity contribution in [2.45, 2.75) is 39.5 Å². The maximum atomic E-state index is 5.62. The Morgan fingerprint density at radius 1 is 1.35 bits per heavy atom. The van der Waals surface area contributed by atoms with Crippen molar-refractivity contribution in [2.24, 2.45) is 0 Å². The van der Waals surface area contributed by atoms with Crippen molar-refractivity contribution in [3.05, 3.63) is 44.4 Å². The summed E-state index contributed by atoms with van der Waals surface area (Å²) in [7, 11) is 2.11. The Bertz CT molecular complexity index is 535. The van der Waals surface area contributed by atoms with Crippen LogP contribution in [0.25, 0.3) is 0 Å². The summed E-state index contributed by atoms with van der Waals surface area (Å²) in [5.74, 6) is 1.02. The molecule has 0 spiro atoms. The van der Waals surface area contributed by atoms with Gasteiger partial charge in [0.1, 0.15) is 5.76 Å². The second-order valence-corrected chi connectivity index (χ2v) is 7.27. The lowest BCUT2D eigenvalue weighted by Crippen LogP contribution is -2.21. The summed E-state index contributed by atoms with van der Waals surface area (Å²) in [4.78, 5) is 3.61. The molecule has 0 unspecified atom stereocenters. The van der Waals surface area contributed by atoms with E-state index in [4.69, 9.17) is 4.42 Å². The van der Waals surface area contributed by atoms with E-state index in [-0.39, 0.29) is 0 Å². The van der Waals surface area contributed by atoms with Crippen LogP contribution in [0.5, 0.6) is 0 Å². The number of halogens is 1. The first kappa shape index (κ1) is 15.8. The average Bonchev–Trinajstić information content (AvgIpc) is 2.96. The quantitative estimate of drug-likeness (QED) is 0.804. The van der Waals surface area contributed by atoms with Gasteiger partial charge in [-0.05, 0) is 35.1 Å². The standard InChI is InChI=1S/C15H21BrN2OS/c1-11(2)17-6-12-4-14(19-9-12)7-18(3)8-15-5-13(16)10-20-15/h4-5,9-11,17H,6-8H2,1-3H3. The molecular weight excluding hydrogens is 336 g/mol. The lowest BCUT2D eigenvalue weighted by Gasteiger charge is -2.13. The second kappa shape index (κ2) is 7.41. The van der Waals surface area contributed by atoms with Crippen LogP contribution in [-0.2, 0) is 19.6 Å². The smallest absolute Gasteiger partial charge is 0.118 e. The highest BCUT2D eigenvalue weighted by Crippen LogP contribution is 2.21. The first-order valence-corrected chi connectivity index (χ1v) is 8.41. The highest BCUT2D eigenvalue weighted by molar-refractivity contribution is 9.10. The summed E-state index contributed by atoms with van der Waals surface area (Å²) in [5, 5.41) is 5.51. The molecule has 3 nitrogen and oxygen atoms in total. The topological polar surface area (TPSA) is 28.4 Å². The van der Waals surface area contributed by atoms with Crippen molar-refractivity contribution in [3.63, 3.8) is 0 Å². The first-order chi connectivity index (χ1) is 9.52. The molecule has 5 heteroatoms. The van der Waals surface area contributed by atoms with Crippen LogP contribution < -0.4 is 5.32 Å². The molecular formula is C15H21BrN2OS. The van der Waals surface area contributed by atoms with E-state index >= 15 is 0 Å². The fraction of sp³-hybridized carbons (Fsp3) is 0.467. The van der Waals surface area contributed by atoms with E-state index in [2.05, 4.69) is 64.6 Å². The Balaban J connectivity index is 1.83. The van der Waals surface area contributed by atoms with Crippen LogP contribution in [0, 0.1) is 0 Å². The highest BCUT2D eigenvalue weighted by atomic mass is 79.9. The minimum atomic E-state index is 0.494. The third-order valence-corrected chi connectivity index (χ3v) is 4.58. The lowest BCUT2D eigenvalue weighted by atomic mass is 10.2. The van der Waals surface area contributed by atoms with E-state index in [1.165, 1.54) is 10.4 Å². The zero-order chi connectivity index (χ0) is 14.5. The van der Waals surface area contributed by atoms with Crippen molar-refractivity contribution < 1.29 is 4.42 Å². The number of nitrogens with zero attached hydrogens (tertiary/aromatic N) is 1. The summed E-state index contributed by atoms with van der Waals surface area (Å²) in [6, 6.07) is 4.80. The molecule has 0 aliphatic heterocycles. The average molecular weight is 357 g/mol. The Kier molecular flexibility index (Phi) is 5.84. The van der Waals surface area contributed by atoms with Gasteiger partial charge in [-0.15, -0.1) is 11.3 Å². The summed E-state index contributed by atoms with van der Waals surface area (Å²) < 4.78 is 6.78. The van der Waals surface area contributed by atoms with Crippen molar-refractivity contribution in [3.8, 4) is 0 Å². The van der Waals surface area contributed by atoms with E-state index < -0.39 is 0 Å². The molecule has 110 valence electrons. The minimum Gasteiger partial charge on any atom is -0.468 e. The molecule has 2 rings (SSSR count). The van der Waals surface area contributed by atoms with Crippen LogP contribution in [-0.4, -0.2) is 18.0 Å². The van der Waals surface area contributed by atoms with Crippen LogP contribution in [0.4, 0.5) is 0 Å². The third-order valence-electron chi connectivity index (χ3n) is 2.90. The van der Waals surface area contributed by atoms with E-state index in [0.717, 1.165) is 29.9 Å². The minimum absolute atomic E-state index is 0.494. The molecule has 0 saturated heterocycles. The Labute approximate surface area is 133 Å². The molecule has 2 heterocycles. The fourth-order valence-electron chi connectivity index (χ4n) is 1.95. The van der Waals surface area contributed by atoms with Crippen molar-refractivity contribution >= 4 is 27.3 Å². The van der Waals surface area contributed by atoms with Gasteiger partial charge in [0, 0.05) is 39.4 Å². The van der Waals surface area contributed by atoms with E-state index in [0.29, 0.717) is 6.04 Å². The monoisotopic (exact) mass is 356 g/mol. The van der Waals surface area contributed by atoms with Gasteiger partial charge in [0.05, 0.1) is 12.8 Å².